The number of carbonyl (C=O) groups is 2. The van der Waals surface area contributed by atoms with Crippen LogP contribution < -0.4 is 0 Å². The van der Waals surface area contributed by atoms with Crippen molar-refractivity contribution in [2.75, 3.05) is 6.61 Å². The molecule has 2 atom stereocenters. The molecule has 1 fully saturated rings. The topological polar surface area (TPSA) is 65.1 Å². The molecule has 0 saturated carbocycles. The first-order valence-electron chi connectivity index (χ1n) is 7.98. The molecule has 0 bridgehead atoms. The highest BCUT2D eigenvalue weighted by Gasteiger charge is 2.49. The highest BCUT2D eigenvalue weighted by atomic mass is 16.6. The quantitative estimate of drug-likeness (QED) is 0.586. The molecular weight excluding hydrogens is 298 g/mol. The fourth-order valence-electron chi connectivity index (χ4n) is 2.45. The van der Waals surface area contributed by atoms with E-state index in [-0.39, 0.29) is 6.61 Å². The summed E-state index contributed by atoms with van der Waals surface area (Å²) in [5.74, 6) is -0.399. The van der Waals surface area contributed by atoms with Crippen LogP contribution in [0.15, 0.2) is 12.2 Å². The van der Waals surface area contributed by atoms with E-state index < -0.39 is 35.5 Å². The van der Waals surface area contributed by atoms with E-state index in [1.165, 1.54) is 11.8 Å². The molecule has 0 aromatic carbocycles. The molecule has 1 aliphatic rings. The predicted molar refractivity (Wildman–Crippen MR) is 86.9 cm³/mol. The highest BCUT2D eigenvalue weighted by molar-refractivity contribution is 5.70. The number of nitrogens with zero attached hydrogens (tertiary/aromatic N) is 1. The van der Waals surface area contributed by atoms with E-state index in [1.807, 2.05) is 33.8 Å². The Balaban J connectivity index is 3.07. The minimum absolute atomic E-state index is 0.276. The predicted octanol–water partition coefficient (Wildman–Crippen LogP) is 3.26. The number of esters is 1. The van der Waals surface area contributed by atoms with Gasteiger partial charge in [-0.3, -0.25) is 9.69 Å². The summed E-state index contributed by atoms with van der Waals surface area (Å²) >= 11 is 0. The van der Waals surface area contributed by atoms with Crippen LogP contribution in [0.4, 0.5) is 4.79 Å². The van der Waals surface area contributed by atoms with Crippen LogP contribution in [0.3, 0.4) is 0 Å². The number of rotatable bonds is 4. The second-order valence-corrected chi connectivity index (χ2v) is 7.09. The maximum absolute atomic E-state index is 12.6. The monoisotopic (exact) mass is 327 g/mol. The van der Waals surface area contributed by atoms with Gasteiger partial charge in [-0.05, 0) is 47.1 Å². The molecule has 1 aliphatic heterocycles. The Labute approximate surface area is 138 Å². The van der Waals surface area contributed by atoms with Gasteiger partial charge in [-0.25, -0.2) is 4.79 Å². The van der Waals surface area contributed by atoms with Gasteiger partial charge in [0.15, 0.2) is 0 Å². The summed E-state index contributed by atoms with van der Waals surface area (Å²) in [6.45, 7) is 12.6. The van der Waals surface area contributed by atoms with E-state index in [0.717, 1.165) is 6.42 Å². The third kappa shape index (κ3) is 5.53. The van der Waals surface area contributed by atoms with Gasteiger partial charge in [0.1, 0.15) is 23.5 Å². The fraction of sp³-hybridized carbons (Fsp3) is 0.765. The lowest BCUT2D eigenvalue weighted by Crippen LogP contribution is -2.53. The maximum Gasteiger partial charge on any atom is 0.413 e. The smallest absolute Gasteiger partial charge is 0.413 e. The molecule has 0 spiro atoms. The minimum Gasteiger partial charge on any atom is -0.456 e. The molecule has 132 valence electrons. The number of hydrogen-bond acceptors (Lipinski definition) is 5. The number of hydrogen-bond donors (Lipinski definition) is 0. The Morgan fingerprint density at radius 3 is 2.48 bits per heavy atom. The van der Waals surface area contributed by atoms with Gasteiger partial charge in [-0.15, -0.1) is 0 Å². The van der Waals surface area contributed by atoms with E-state index in [2.05, 4.69) is 0 Å². The number of carbonyl (C=O) groups excluding carboxylic acids is 2. The van der Waals surface area contributed by atoms with Crippen LogP contribution in [0.2, 0.25) is 0 Å². The van der Waals surface area contributed by atoms with Crippen LogP contribution in [0.25, 0.3) is 0 Å². The third-order valence-corrected chi connectivity index (χ3v) is 3.35. The second kappa shape index (κ2) is 7.34. The van der Waals surface area contributed by atoms with E-state index in [1.54, 1.807) is 19.9 Å². The molecule has 0 aromatic rings. The first kappa shape index (κ1) is 19.5. The molecule has 1 rings (SSSR count). The number of allylic oxidation sites excluding steroid dienone is 1. The van der Waals surface area contributed by atoms with E-state index >= 15 is 0 Å². The molecule has 6 heteroatoms. The zero-order chi connectivity index (χ0) is 17.8. The van der Waals surface area contributed by atoms with Crippen LogP contribution in [-0.4, -0.2) is 47.0 Å². The summed E-state index contributed by atoms with van der Waals surface area (Å²) in [6.07, 6.45) is 3.47. The molecule has 23 heavy (non-hydrogen) atoms. The van der Waals surface area contributed by atoms with Gasteiger partial charge in [0, 0.05) is 6.92 Å². The third-order valence-electron chi connectivity index (χ3n) is 3.35. The van der Waals surface area contributed by atoms with Crippen LogP contribution in [0, 0.1) is 0 Å². The summed E-state index contributed by atoms with van der Waals surface area (Å²) in [5.41, 5.74) is -1.44. The van der Waals surface area contributed by atoms with E-state index in [9.17, 15) is 9.59 Å². The van der Waals surface area contributed by atoms with Crippen molar-refractivity contribution < 1.29 is 23.8 Å². The molecule has 1 saturated heterocycles. The summed E-state index contributed by atoms with van der Waals surface area (Å²) < 4.78 is 16.6. The number of amides is 1. The zero-order valence-corrected chi connectivity index (χ0v) is 15.2. The van der Waals surface area contributed by atoms with E-state index in [4.69, 9.17) is 14.2 Å². The summed E-state index contributed by atoms with van der Waals surface area (Å²) in [5, 5.41) is 0. The molecule has 1 heterocycles. The van der Waals surface area contributed by atoms with E-state index in [0.29, 0.717) is 0 Å². The molecule has 0 radical (unpaired) electrons. The molecule has 0 aromatic heterocycles. The van der Waals surface area contributed by atoms with Gasteiger partial charge in [-0.1, -0.05) is 13.0 Å². The Morgan fingerprint density at radius 2 is 2.00 bits per heavy atom. The lowest BCUT2D eigenvalue weighted by atomic mass is 10.1. The van der Waals surface area contributed by atoms with Crippen molar-refractivity contribution in [3.8, 4) is 0 Å². The standard InChI is InChI=1S/C17H29NO5/c1-8-9-10-14(22-12(2)19)13-11-21-17(6,7)18(13)15(20)23-16(3,4)5/h9-10,13-14H,8,11H2,1-7H3/b10-9+/t13-,14+/m0/s1. The zero-order valence-electron chi connectivity index (χ0n) is 15.2. The van der Waals surface area contributed by atoms with Crippen LogP contribution in [0.1, 0.15) is 54.9 Å². The fourth-order valence-corrected chi connectivity index (χ4v) is 2.45. The lowest BCUT2D eigenvalue weighted by molar-refractivity contribution is -0.147. The molecule has 6 nitrogen and oxygen atoms in total. The van der Waals surface area contributed by atoms with Crippen molar-refractivity contribution in [1.29, 1.82) is 0 Å². The van der Waals surface area contributed by atoms with Crippen molar-refractivity contribution in [3.05, 3.63) is 12.2 Å². The average Bonchev–Trinajstić information content (AvgIpc) is 2.67. The minimum atomic E-state index is -0.828. The van der Waals surface area contributed by atoms with Gasteiger partial charge in [0.25, 0.3) is 0 Å². The van der Waals surface area contributed by atoms with Gasteiger partial charge < -0.3 is 14.2 Å². The summed E-state index contributed by atoms with van der Waals surface area (Å²) in [6, 6.07) is -0.424. The average molecular weight is 327 g/mol. The van der Waals surface area contributed by atoms with Crippen molar-refractivity contribution in [1.82, 2.24) is 4.90 Å². The van der Waals surface area contributed by atoms with Crippen LogP contribution in [0.5, 0.6) is 0 Å². The Morgan fingerprint density at radius 1 is 1.39 bits per heavy atom. The van der Waals surface area contributed by atoms with Gasteiger partial charge in [0.05, 0.1) is 6.61 Å². The van der Waals surface area contributed by atoms with Crippen LogP contribution >= 0.6 is 0 Å². The first-order chi connectivity index (χ1) is 10.5. The van der Waals surface area contributed by atoms with Gasteiger partial charge in [0.2, 0.25) is 0 Å². The summed E-state index contributed by atoms with van der Waals surface area (Å²) in [4.78, 5) is 25.5. The highest BCUT2D eigenvalue weighted by Crippen LogP contribution is 2.32. The molecule has 0 aliphatic carbocycles. The molecule has 0 N–H and O–H groups in total. The lowest BCUT2D eigenvalue weighted by Gasteiger charge is -2.36. The largest absolute Gasteiger partial charge is 0.456 e. The maximum atomic E-state index is 12.6. The number of ether oxygens (including phenoxy) is 3. The Bertz CT molecular complexity index is 464. The first-order valence-corrected chi connectivity index (χ1v) is 7.98. The molecule has 1 amide bonds. The van der Waals surface area contributed by atoms with Crippen LogP contribution in [-0.2, 0) is 19.0 Å². The van der Waals surface area contributed by atoms with Gasteiger partial charge >= 0.3 is 12.1 Å². The molecule has 0 unspecified atom stereocenters. The summed E-state index contributed by atoms with van der Waals surface area (Å²) in [7, 11) is 0. The van der Waals surface area contributed by atoms with Crippen molar-refractivity contribution in [3.63, 3.8) is 0 Å². The second-order valence-electron chi connectivity index (χ2n) is 7.09. The SMILES string of the molecule is CC/C=C/[C@@H](OC(C)=O)[C@@H]1COC(C)(C)N1C(=O)OC(C)(C)C. The van der Waals surface area contributed by atoms with Crippen molar-refractivity contribution >= 4 is 12.1 Å². The van der Waals surface area contributed by atoms with Crippen molar-refractivity contribution in [2.24, 2.45) is 0 Å². The van der Waals surface area contributed by atoms with Gasteiger partial charge in [-0.2, -0.15) is 0 Å². The Hall–Kier alpha value is -1.56. The normalized spacial score (nSPS) is 22.2. The molecular formula is C17H29NO5. The van der Waals surface area contributed by atoms with Crippen molar-refractivity contribution in [2.45, 2.75) is 78.4 Å². The Kier molecular flexibility index (Phi) is 6.22.